The summed E-state index contributed by atoms with van der Waals surface area (Å²) in [6, 6.07) is 5.73. The first kappa shape index (κ1) is 14.3. The molecule has 1 aliphatic carbocycles. The molecular weight excluding hydrogens is 286 g/mol. The minimum absolute atomic E-state index is 0.288. The Morgan fingerprint density at radius 1 is 1.24 bits per heavy atom. The summed E-state index contributed by atoms with van der Waals surface area (Å²) in [4.78, 5) is 0. The molecule has 6 heteroatoms. The number of nitrogens with two attached hydrogens (primary N) is 1. The maximum absolute atomic E-state index is 6.09. The van der Waals surface area contributed by atoms with Gasteiger partial charge >= 0.3 is 0 Å². The van der Waals surface area contributed by atoms with E-state index < -0.39 is 0 Å². The number of nitrogen functional groups attached to an aromatic ring is 1. The van der Waals surface area contributed by atoms with Crippen LogP contribution in [0.2, 0.25) is 5.02 Å². The molecule has 0 saturated heterocycles. The Bertz CT molecular complexity index is 598. The molecule has 0 radical (unpaired) electrons. The lowest BCUT2D eigenvalue weighted by Gasteiger charge is -2.27. The molecule has 2 N–H and O–H groups in total. The molecule has 1 fully saturated rings. The molecular formula is C15H20ClN5. The second kappa shape index (κ2) is 6.02. The third kappa shape index (κ3) is 3.02. The number of hydrogen-bond donors (Lipinski definition) is 1. The van der Waals surface area contributed by atoms with Crippen LogP contribution in [0.3, 0.4) is 0 Å². The lowest BCUT2D eigenvalue weighted by molar-refractivity contribution is 0.249. The summed E-state index contributed by atoms with van der Waals surface area (Å²) in [6.45, 7) is 2.20. The van der Waals surface area contributed by atoms with Crippen LogP contribution in [0, 0.1) is 5.92 Å². The molecule has 1 aromatic heterocycles. The van der Waals surface area contributed by atoms with E-state index in [1.165, 1.54) is 32.1 Å². The molecule has 21 heavy (non-hydrogen) atoms. The second-order valence-corrected chi connectivity index (χ2v) is 6.30. The Kier molecular flexibility index (Phi) is 4.10. The van der Waals surface area contributed by atoms with Crippen molar-refractivity contribution in [1.82, 2.24) is 20.2 Å². The van der Waals surface area contributed by atoms with E-state index in [2.05, 4.69) is 22.4 Å². The smallest absolute Gasteiger partial charge is 0.182 e. The Morgan fingerprint density at radius 3 is 2.71 bits per heavy atom. The number of tetrazole rings is 1. The van der Waals surface area contributed by atoms with Gasteiger partial charge in [0.15, 0.2) is 5.82 Å². The van der Waals surface area contributed by atoms with E-state index >= 15 is 0 Å². The van der Waals surface area contributed by atoms with Crippen LogP contribution >= 0.6 is 11.6 Å². The molecule has 5 nitrogen and oxygen atoms in total. The molecule has 1 unspecified atom stereocenters. The normalized spacial score (nSPS) is 17.8. The molecule has 0 bridgehead atoms. The van der Waals surface area contributed by atoms with E-state index in [0.717, 1.165) is 11.4 Å². The number of aromatic nitrogens is 4. The van der Waals surface area contributed by atoms with Crippen LogP contribution in [-0.2, 0) is 0 Å². The molecule has 1 heterocycles. The van der Waals surface area contributed by atoms with Gasteiger partial charge in [0.2, 0.25) is 0 Å². The fourth-order valence-electron chi connectivity index (χ4n) is 3.22. The van der Waals surface area contributed by atoms with Crippen LogP contribution in [0.15, 0.2) is 18.2 Å². The Labute approximate surface area is 129 Å². The van der Waals surface area contributed by atoms with E-state index in [1.54, 1.807) is 6.07 Å². The molecule has 1 aromatic carbocycles. The van der Waals surface area contributed by atoms with Crippen LogP contribution in [0.4, 0.5) is 5.69 Å². The Morgan fingerprint density at radius 2 is 2.00 bits per heavy atom. The number of nitrogens with zero attached hydrogens (tertiary/aromatic N) is 4. The number of rotatable bonds is 3. The molecule has 0 aliphatic heterocycles. The van der Waals surface area contributed by atoms with Crippen LogP contribution in [-0.4, -0.2) is 20.2 Å². The quantitative estimate of drug-likeness (QED) is 0.877. The second-order valence-electron chi connectivity index (χ2n) is 5.86. The van der Waals surface area contributed by atoms with Crippen LogP contribution < -0.4 is 5.73 Å². The molecule has 1 atom stereocenters. The van der Waals surface area contributed by atoms with Crippen molar-refractivity contribution in [1.29, 1.82) is 0 Å². The number of benzene rings is 1. The summed E-state index contributed by atoms with van der Waals surface area (Å²) in [5, 5.41) is 12.8. The van der Waals surface area contributed by atoms with Gasteiger partial charge in [-0.25, -0.2) is 4.68 Å². The van der Waals surface area contributed by atoms with Gasteiger partial charge in [-0.1, -0.05) is 30.9 Å². The van der Waals surface area contributed by atoms with Crippen LogP contribution in [0.5, 0.6) is 0 Å². The van der Waals surface area contributed by atoms with Crippen molar-refractivity contribution in [2.75, 3.05) is 5.73 Å². The maximum atomic E-state index is 6.09. The van der Waals surface area contributed by atoms with E-state index in [9.17, 15) is 0 Å². The van der Waals surface area contributed by atoms with Gasteiger partial charge < -0.3 is 5.73 Å². The first-order chi connectivity index (χ1) is 10.1. The third-order valence-electron chi connectivity index (χ3n) is 4.39. The molecule has 1 saturated carbocycles. The molecule has 0 amide bonds. The van der Waals surface area contributed by atoms with Crippen molar-refractivity contribution in [3.63, 3.8) is 0 Å². The van der Waals surface area contributed by atoms with Gasteiger partial charge in [-0.05, 0) is 54.3 Å². The number of anilines is 1. The Balaban J connectivity index is 1.92. The number of hydrogen-bond acceptors (Lipinski definition) is 4. The largest absolute Gasteiger partial charge is 0.399 e. The molecule has 0 spiro atoms. The minimum Gasteiger partial charge on any atom is -0.399 e. The van der Waals surface area contributed by atoms with Crippen LogP contribution in [0.1, 0.15) is 45.1 Å². The van der Waals surface area contributed by atoms with Gasteiger partial charge in [-0.2, -0.15) is 0 Å². The first-order valence-electron chi connectivity index (χ1n) is 7.49. The van der Waals surface area contributed by atoms with Crippen molar-refractivity contribution in [2.24, 2.45) is 5.92 Å². The van der Waals surface area contributed by atoms with Crippen molar-refractivity contribution in [3.8, 4) is 11.4 Å². The fraction of sp³-hybridized carbons (Fsp3) is 0.533. The van der Waals surface area contributed by atoms with E-state index in [1.807, 2.05) is 16.8 Å². The third-order valence-corrected chi connectivity index (χ3v) is 4.61. The molecule has 1 aliphatic rings. The van der Waals surface area contributed by atoms with E-state index in [4.69, 9.17) is 17.3 Å². The molecule has 112 valence electrons. The first-order valence-corrected chi connectivity index (χ1v) is 7.87. The summed E-state index contributed by atoms with van der Waals surface area (Å²) in [7, 11) is 0. The van der Waals surface area contributed by atoms with Gasteiger partial charge in [0.05, 0.1) is 6.04 Å². The summed E-state index contributed by atoms with van der Waals surface area (Å²) < 4.78 is 1.92. The van der Waals surface area contributed by atoms with Gasteiger partial charge in [0.25, 0.3) is 0 Å². The summed E-state index contributed by atoms with van der Waals surface area (Å²) in [6.07, 6.45) is 6.44. The SMILES string of the molecule is CC(C1CCCCC1)n1nnnc1-c1cc(N)cc(Cl)c1. The minimum atomic E-state index is 0.288. The average Bonchev–Trinajstić information content (AvgIpc) is 2.96. The van der Waals surface area contributed by atoms with Crippen molar-refractivity contribution >= 4 is 17.3 Å². The van der Waals surface area contributed by atoms with E-state index in [0.29, 0.717) is 16.6 Å². The summed E-state index contributed by atoms with van der Waals surface area (Å²) in [5.41, 5.74) is 7.36. The highest BCUT2D eigenvalue weighted by atomic mass is 35.5. The van der Waals surface area contributed by atoms with Crippen molar-refractivity contribution in [2.45, 2.75) is 45.1 Å². The monoisotopic (exact) mass is 305 g/mol. The molecule has 2 aromatic rings. The lowest BCUT2D eigenvalue weighted by atomic mass is 9.84. The van der Waals surface area contributed by atoms with Crippen molar-refractivity contribution < 1.29 is 0 Å². The van der Waals surface area contributed by atoms with Crippen LogP contribution in [0.25, 0.3) is 11.4 Å². The van der Waals surface area contributed by atoms with Gasteiger partial charge in [0.1, 0.15) is 0 Å². The number of halogens is 1. The summed E-state index contributed by atoms with van der Waals surface area (Å²) in [5.74, 6) is 1.37. The predicted molar refractivity (Wildman–Crippen MR) is 84.0 cm³/mol. The van der Waals surface area contributed by atoms with Crippen molar-refractivity contribution in [3.05, 3.63) is 23.2 Å². The lowest BCUT2D eigenvalue weighted by Crippen LogP contribution is -2.21. The zero-order valence-electron chi connectivity index (χ0n) is 12.2. The standard InChI is InChI=1S/C15H20ClN5/c1-10(11-5-3-2-4-6-11)21-15(18-19-20-21)12-7-13(16)9-14(17)8-12/h7-11H,2-6,17H2,1H3. The molecule has 3 rings (SSSR count). The Hall–Kier alpha value is -1.62. The topological polar surface area (TPSA) is 69.6 Å². The van der Waals surface area contributed by atoms with Gasteiger partial charge in [0, 0.05) is 16.3 Å². The zero-order valence-corrected chi connectivity index (χ0v) is 12.9. The predicted octanol–water partition coefficient (Wildman–Crippen LogP) is 3.72. The highest BCUT2D eigenvalue weighted by molar-refractivity contribution is 6.31. The zero-order chi connectivity index (χ0) is 14.8. The van der Waals surface area contributed by atoms with Gasteiger partial charge in [-0.15, -0.1) is 5.10 Å². The summed E-state index contributed by atoms with van der Waals surface area (Å²) >= 11 is 6.09. The highest BCUT2D eigenvalue weighted by Gasteiger charge is 2.25. The van der Waals surface area contributed by atoms with E-state index in [-0.39, 0.29) is 6.04 Å². The average molecular weight is 306 g/mol. The fourth-order valence-corrected chi connectivity index (χ4v) is 3.46. The van der Waals surface area contributed by atoms with Gasteiger partial charge in [-0.3, -0.25) is 0 Å². The maximum Gasteiger partial charge on any atom is 0.182 e. The highest BCUT2D eigenvalue weighted by Crippen LogP contribution is 2.34.